The minimum Gasteiger partial charge on any atom is -0.352 e. The Labute approximate surface area is 173 Å². The van der Waals surface area contributed by atoms with Gasteiger partial charge in [0.15, 0.2) is 0 Å². The average molecular weight is 405 g/mol. The minimum absolute atomic E-state index is 0.0516. The van der Waals surface area contributed by atoms with E-state index >= 15 is 0 Å². The first-order valence-electron chi connectivity index (χ1n) is 9.92. The molecule has 1 saturated heterocycles. The molecule has 154 valence electrons. The molecule has 30 heavy (non-hydrogen) atoms. The van der Waals surface area contributed by atoms with E-state index < -0.39 is 5.91 Å². The Morgan fingerprint density at radius 1 is 0.967 bits per heavy atom. The summed E-state index contributed by atoms with van der Waals surface area (Å²) in [7, 11) is 0. The van der Waals surface area contributed by atoms with Crippen LogP contribution in [0.25, 0.3) is 10.8 Å². The molecule has 1 aromatic heterocycles. The van der Waals surface area contributed by atoms with Gasteiger partial charge in [0.2, 0.25) is 5.95 Å². The number of hydroxylamine groups is 1. The zero-order valence-corrected chi connectivity index (χ0v) is 16.4. The molecular formula is C22H23N5O3. The molecule has 0 unspecified atom stereocenters. The molecule has 2 heterocycles. The van der Waals surface area contributed by atoms with Crippen LogP contribution in [0.1, 0.15) is 33.6 Å². The highest BCUT2D eigenvalue weighted by atomic mass is 16.5. The predicted molar refractivity (Wildman–Crippen MR) is 113 cm³/mol. The maximum Gasteiger partial charge on any atom is 0.277 e. The van der Waals surface area contributed by atoms with Crippen molar-refractivity contribution >= 4 is 28.5 Å². The number of piperidine rings is 1. The van der Waals surface area contributed by atoms with Crippen LogP contribution < -0.4 is 15.7 Å². The molecule has 0 aliphatic carbocycles. The Kier molecular flexibility index (Phi) is 5.85. The van der Waals surface area contributed by atoms with Crippen LogP contribution in [0, 0.1) is 5.92 Å². The Hall–Kier alpha value is -3.52. The summed E-state index contributed by atoms with van der Waals surface area (Å²) in [6.45, 7) is 2.19. The van der Waals surface area contributed by atoms with Crippen LogP contribution in [0.5, 0.6) is 0 Å². The second-order valence-corrected chi connectivity index (χ2v) is 7.42. The second-order valence-electron chi connectivity index (χ2n) is 7.42. The molecule has 4 rings (SSSR count). The molecule has 1 aliphatic rings. The molecule has 0 saturated carbocycles. The van der Waals surface area contributed by atoms with Crippen molar-refractivity contribution in [2.45, 2.75) is 12.8 Å². The van der Waals surface area contributed by atoms with Crippen LogP contribution >= 0.6 is 0 Å². The van der Waals surface area contributed by atoms with Crippen LogP contribution in [0.2, 0.25) is 0 Å². The van der Waals surface area contributed by atoms with Gasteiger partial charge >= 0.3 is 0 Å². The summed E-state index contributed by atoms with van der Waals surface area (Å²) in [5, 5.41) is 13.9. The van der Waals surface area contributed by atoms with Crippen LogP contribution in [0.15, 0.2) is 54.9 Å². The van der Waals surface area contributed by atoms with Crippen LogP contribution in [-0.2, 0) is 0 Å². The van der Waals surface area contributed by atoms with Crippen LogP contribution in [0.3, 0.4) is 0 Å². The van der Waals surface area contributed by atoms with Crippen molar-refractivity contribution in [2.75, 3.05) is 24.5 Å². The zero-order valence-electron chi connectivity index (χ0n) is 16.4. The van der Waals surface area contributed by atoms with Gasteiger partial charge in [-0.1, -0.05) is 30.3 Å². The fraction of sp³-hybridized carbons (Fsp3) is 0.273. The first-order chi connectivity index (χ1) is 14.6. The maximum absolute atomic E-state index is 12.5. The fourth-order valence-corrected chi connectivity index (χ4v) is 3.67. The van der Waals surface area contributed by atoms with E-state index in [0.717, 1.165) is 36.7 Å². The maximum atomic E-state index is 12.5. The summed E-state index contributed by atoms with van der Waals surface area (Å²) in [6, 6.07) is 13.7. The number of nitrogens with zero attached hydrogens (tertiary/aromatic N) is 3. The first-order valence-corrected chi connectivity index (χ1v) is 9.92. The summed E-state index contributed by atoms with van der Waals surface area (Å²) < 4.78 is 0. The predicted octanol–water partition coefficient (Wildman–Crippen LogP) is 2.40. The van der Waals surface area contributed by atoms with Crippen molar-refractivity contribution in [3.05, 3.63) is 66.0 Å². The normalized spacial score (nSPS) is 14.5. The fourth-order valence-electron chi connectivity index (χ4n) is 3.67. The second kappa shape index (κ2) is 8.87. The number of fused-ring (bicyclic) bond motifs is 1. The highest BCUT2D eigenvalue weighted by molar-refractivity contribution is 5.98. The third kappa shape index (κ3) is 4.38. The first kappa shape index (κ1) is 19.8. The van der Waals surface area contributed by atoms with Crippen LogP contribution in [-0.4, -0.2) is 46.6 Å². The summed E-state index contributed by atoms with van der Waals surface area (Å²) in [6.07, 6.45) is 4.62. The number of benzene rings is 2. The lowest BCUT2D eigenvalue weighted by molar-refractivity contribution is 0.0705. The van der Waals surface area contributed by atoms with E-state index in [1.165, 1.54) is 12.4 Å². The van der Waals surface area contributed by atoms with E-state index in [9.17, 15) is 9.59 Å². The van der Waals surface area contributed by atoms with Gasteiger partial charge in [-0.15, -0.1) is 0 Å². The number of carbonyl (C=O) groups excluding carboxylic acids is 2. The number of amides is 2. The van der Waals surface area contributed by atoms with E-state index in [1.807, 2.05) is 42.5 Å². The van der Waals surface area contributed by atoms with Crippen molar-refractivity contribution in [3.8, 4) is 0 Å². The number of hydrogen-bond acceptors (Lipinski definition) is 6. The van der Waals surface area contributed by atoms with Crippen molar-refractivity contribution < 1.29 is 14.8 Å². The highest BCUT2D eigenvalue weighted by Crippen LogP contribution is 2.20. The van der Waals surface area contributed by atoms with E-state index in [4.69, 9.17) is 5.21 Å². The van der Waals surface area contributed by atoms with E-state index in [1.54, 1.807) is 5.48 Å². The molecule has 0 radical (unpaired) electrons. The summed E-state index contributed by atoms with van der Waals surface area (Å²) in [4.78, 5) is 34.4. The standard InChI is InChI=1S/C22H23N5O3/c28-20(18-6-5-16-3-1-2-4-17(16)11-18)23-12-15-7-9-27(10-8-15)22-24-13-19(14-25-22)21(29)26-30/h1-6,11,13-15,30H,7-10,12H2,(H,23,28)(H,26,29). The van der Waals surface area contributed by atoms with Crippen molar-refractivity contribution in [1.82, 2.24) is 20.8 Å². The molecule has 8 heteroatoms. The largest absolute Gasteiger partial charge is 0.352 e. The third-order valence-electron chi connectivity index (χ3n) is 5.46. The number of nitrogens with one attached hydrogen (secondary N) is 2. The summed E-state index contributed by atoms with van der Waals surface area (Å²) >= 11 is 0. The highest BCUT2D eigenvalue weighted by Gasteiger charge is 2.22. The van der Waals surface area contributed by atoms with Crippen molar-refractivity contribution in [2.24, 2.45) is 5.92 Å². The Bertz CT molecular complexity index is 1050. The SMILES string of the molecule is O=C(NO)c1cnc(N2CCC(CNC(=O)c3ccc4ccccc4c3)CC2)nc1. The lowest BCUT2D eigenvalue weighted by Crippen LogP contribution is -2.39. The van der Waals surface area contributed by atoms with Gasteiger partial charge in [0.05, 0.1) is 5.56 Å². The molecule has 8 nitrogen and oxygen atoms in total. The molecule has 0 atom stereocenters. The van der Waals surface area contributed by atoms with E-state index in [0.29, 0.717) is 24.0 Å². The number of carbonyl (C=O) groups is 2. The lowest BCUT2D eigenvalue weighted by Gasteiger charge is -2.32. The summed E-state index contributed by atoms with van der Waals surface area (Å²) in [5.74, 6) is 0.264. The number of aromatic nitrogens is 2. The molecule has 1 fully saturated rings. The third-order valence-corrected chi connectivity index (χ3v) is 5.46. The quantitative estimate of drug-likeness (QED) is 0.444. The van der Waals surface area contributed by atoms with Gasteiger partial charge in [0, 0.05) is 37.6 Å². The van der Waals surface area contributed by atoms with Crippen LogP contribution in [0.4, 0.5) is 5.95 Å². The van der Waals surface area contributed by atoms with E-state index in [2.05, 4.69) is 20.2 Å². The molecule has 3 N–H and O–H groups in total. The Morgan fingerprint density at radius 2 is 1.67 bits per heavy atom. The monoisotopic (exact) mass is 405 g/mol. The molecule has 0 bridgehead atoms. The van der Waals surface area contributed by atoms with Gasteiger partial charge in [-0.05, 0) is 41.7 Å². The van der Waals surface area contributed by atoms with E-state index in [-0.39, 0.29) is 11.5 Å². The topological polar surface area (TPSA) is 107 Å². The molecule has 1 aliphatic heterocycles. The smallest absolute Gasteiger partial charge is 0.277 e. The van der Waals surface area contributed by atoms with Crippen molar-refractivity contribution in [1.29, 1.82) is 0 Å². The van der Waals surface area contributed by atoms with Gasteiger partial charge in [0.1, 0.15) is 0 Å². The Morgan fingerprint density at radius 3 is 2.37 bits per heavy atom. The molecular weight excluding hydrogens is 382 g/mol. The molecule has 2 amide bonds. The van der Waals surface area contributed by atoms with Gasteiger partial charge < -0.3 is 10.2 Å². The minimum atomic E-state index is -0.637. The Balaban J connectivity index is 1.28. The molecule has 0 spiro atoms. The summed E-state index contributed by atoms with van der Waals surface area (Å²) in [5.41, 5.74) is 2.44. The zero-order chi connectivity index (χ0) is 20.9. The molecule has 3 aromatic rings. The van der Waals surface area contributed by atoms with Gasteiger partial charge in [-0.2, -0.15) is 0 Å². The van der Waals surface area contributed by atoms with Gasteiger partial charge in [-0.3, -0.25) is 14.8 Å². The van der Waals surface area contributed by atoms with Gasteiger partial charge in [0.25, 0.3) is 11.8 Å². The van der Waals surface area contributed by atoms with Gasteiger partial charge in [-0.25, -0.2) is 15.4 Å². The number of rotatable bonds is 5. The average Bonchev–Trinajstić information content (AvgIpc) is 2.82. The molecule has 2 aromatic carbocycles. The number of anilines is 1. The number of hydrogen-bond donors (Lipinski definition) is 3. The lowest BCUT2D eigenvalue weighted by atomic mass is 9.97. The van der Waals surface area contributed by atoms with Crippen molar-refractivity contribution in [3.63, 3.8) is 0 Å².